The van der Waals surface area contributed by atoms with Crippen molar-refractivity contribution in [3.8, 4) is 0 Å². The Bertz CT molecular complexity index is 415. The number of nitrogens with one attached hydrogen (secondary N) is 1. The van der Waals surface area contributed by atoms with Crippen LogP contribution >= 0.6 is 11.8 Å². The van der Waals surface area contributed by atoms with E-state index in [4.69, 9.17) is 0 Å². The van der Waals surface area contributed by atoms with Crippen LogP contribution in [-0.4, -0.2) is 39.9 Å². The van der Waals surface area contributed by atoms with Crippen molar-refractivity contribution < 1.29 is 9.59 Å². The molecule has 1 heterocycles. The fourth-order valence-electron chi connectivity index (χ4n) is 2.57. The summed E-state index contributed by atoms with van der Waals surface area (Å²) in [6, 6.07) is -0.308. The minimum atomic E-state index is -0.308. The number of nitrogens with zero attached hydrogens (tertiary/aromatic N) is 1. The number of hydrogen-bond donors (Lipinski definition) is 1. The fraction of sp³-hybridized carbons (Fsp3) is 0.733. The first kappa shape index (κ1) is 15.4. The van der Waals surface area contributed by atoms with Crippen molar-refractivity contribution in [2.24, 2.45) is 5.92 Å². The lowest BCUT2D eigenvalue weighted by Crippen LogP contribution is -2.52. The van der Waals surface area contributed by atoms with Crippen molar-refractivity contribution in [3.05, 3.63) is 12.2 Å². The van der Waals surface area contributed by atoms with Crippen LogP contribution in [0.3, 0.4) is 0 Å². The van der Waals surface area contributed by atoms with Gasteiger partial charge in [-0.3, -0.25) is 9.59 Å². The summed E-state index contributed by atoms with van der Waals surface area (Å²) in [5.41, 5.74) is -0.257. The van der Waals surface area contributed by atoms with E-state index in [0.717, 1.165) is 12.8 Å². The maximum Gasteiger partial charge on any atom is 0.244 e. The molecule has 0 aromatic rings. The van der Waals surface area contributed by atoms with E-state index in [1.807, 2.05) is 20.8 Å². The van der Waals surface area contributed by atoms with Crippen LogP contribution in [0.4, 0.5) is 0 Å². The van der Waals surface area contributed by atoms with Gasteiger partial charge in [-0.1, -0.05) is 12.2 Å². The number of rotatable bonds is 3. The third kappa shape index (κ3) is 4.01. The molecule has 20 heavy (non-hydrogen) atoms. The summed E-state index contributed by atoms with van der Waals surface area (Å²) in [6.45, 7) is 5.88. The molecule has 0 aromatic heterocycles. The Hall–Kier alpha value is -0.970. The molecule has 1 aliphatic carbocycles. The Morgan fingerprint density at radius 3 is 2.75 bits per heavy atom. The van der Waals surface area contributed by atoms with Gasteiger partial charge >= 0.3 is 0 Å². The van der Waals surface area contributed by atoms with Crippen LogP contribution < -0.4 is 5.32 Å². The summed E-state index contributed by atoms with van der Waals surface area (Å²) in [6.07, 6.45) is 6.94. The zero-order valence-electron chi connectivity index (χ0n) is 12.5. The highest BCUT2D eigenvalue weighted by Crippen LogP contribution is 2.26. The smallest absolute Gasteiger partial charge is 0.244 e. The van der Waals surface area contributed by atoms with Gasteiger partial charge in [0.25, 0.3) is 0 Å². The van der Waals surface area contributed by atoms with E-state index in [0.29, 0.717) is 24.0 Å². The van der Waals surface area contributed by atoms with Crippen LogP contribution in [0, 0.1) is 5.92 Å². The normalized spacial score (nSPS) is 26.1. The van der Waals surface area contributed by atoms with Gasteiger partial charge in [0, 0.05) is 17.7 Å². The van der Waals surface area contributed by atoms with E-state index in [1.165, 1.54) is 0 Å². The van der Waals surface area contributed by atoms with Crippen molar-refractivity contribution in [1.29, 1.82) is 0 Å². The van der Waals surface area contributed by atoms with Crippen molar-refractivity contribution >= 4 is 23.6 Å². The summed E-state index contributed by atoms with van der Waals surface area (Å²) in [4.78, 5) is 26.4. The van der Waals surface area contributed by atoms with E-state index < -0.39 is 0 Å². The maximum absolute atomic E-state index is 12.4. The lowest BCUT2D eigenvalue weighted by Gasteiger charge is -2.28. The number of thioether (sulfide) groups is 1. The number of carbonyl (C=O) groups is 2. The van der Waals surface area contributed by atoms with Crippen LogP contribution in [-0.2, 0) is 9.59 Å². The summed E-state index contributed by atoms with van der Waals surface area (Å²) >= 11 is 1.66. The highest BCUT2D eigenvalue weighted by atomic mass is 32.2. The highest BCUT2D eigenvalue weighted by Gasteiger charge is 2.36. The molecular formula is C15H24N2O2S. The van der Waals surface area contributed by atoms with Gasteiger partial charge in [0.2, 0.25) is 11.8 Å². The monoisotopic (exact) mass is 296 g/mol. The van der Waals surface area contributed by atoms with Gasteiger partial charge in [-0.2, -0.15) is 0 Å². The Balaban J connectivity index is 1.94. The Labute approximate surface area is 125 Å². The second kappa shape index (κ2) is 6.20. The van der Waals surface area contributed by atoms with E-state index >= 15 is 0 Å². The first-order valence-electron chi connectivity index (χ1n) is 7.23. The highest BCUT2D eigenvalue weighted by molar-refractivity contribution is 7.99. The minimum absolute atomic E-state index is 0.0298. The van der Waals surface area contributed by atoms with Crippen LogP contribution in [0.25, 0.3) is 0 Å². The molecular weight excluding hydrogens is 272 g/mol. The largest absolute Gasteiger partial charge is 0.350 e. The molecule has 2 rings (SSSR count). The van der Waals surface area contributed by atoms with Gasteiger partial charge in [0.05, 0.1) is 5.88 Å². The predicted molar refractivity (Wildman–Crippen MR) is 82.3 cm³/mol. The van der Waals surface area contributed by atoms with Crippen molar-refractivity contribution in [3.63, 3.8) is 0 Å². The van der Waals surface area contributed by atoms with Crippen LogP contribution in [0.15, 0.2) is 12.2 Å². The molecule has 0 bridgehead atoms. The van der Waals surface area contributed by atoms with E-state index in [9.17, 15) is 9.59 Å². The Kier molecular flexibility index (Phi) is 4.78. The molecule has 1 aliphatic heterocycles. The van der Waals surface area contributed by atoms with E-state index in [-0.39, 0.29) is 23.4 Å². The molecule has 1 N–H and O–H groups in total. The standard InChI is InChI=1S/C15H24N2O2S/c1-15(2,3)16-14(19)12-9-20-10-17(12)13(18)8-11-6-4-5-7-11/h4,6,11-12H,5,7-10H2,1-3H3,(H,16,19)/t11-,12+/m1/s1. The van der Waals surface area contributed by atoms with Gasteiger partial charge < -0.3 is 10.2 Å². The van der Waals surface area contributed by atoms with Crippen LogP contribution in [0.2, 0.25) is 0 Å². The van der Waals surface area contributed by atoms with Crippen LogP contribution in [0.5, 0.6) is 0 Å². The molecule has 2 amide bonds. The number of amides is 2. The quantitative estimate of drug-likeness (QED) is 0.812. The summed E-state index contributed by atoms with van der Waals surface area (Å²) in [5, 5.41) is 2.98. The second-order valence-electron chi connectivity index (χ2n) is 6.59. The van der Waals surface area contributed by atoms with Gasteiger partial charge in [-0.15, -0.1) is 11.8 Å². The van der Waals surface area contributed by atoms with Crippen LogP contribution in [0.1, 0.15) is 40.0 Å². The Morgan fingerprint density at radius 2 is 2.15 bits per heavy atom. The molecule has 0 unspecified atom stereocenters. The molecule has 2 aliphatic rings. The summed E-state index contributed by atoms with van der Waals surface area (Å²) in [5.74, 6) is 1.78. The Morgan fingerprint density at radius 1 is 1.40 bits per heavy atom. The average molecular weight is 296 g/mol. The molecule has 0 saturated carbocycles. The van der Waals surface area contributed by atoms with Gasteiger partial charge in [0.15, 0.2) is 0 Å². The van der Waals surface area contributed by atoms with Crippen molar-refractivity contribution in [2.45, 2.75) is 51.6 Å². The number of carbonyl (C=O) groups excluding carboxylic acids is 2. The molecule has 1 saturated heterocycles. The second-order valence-corrected chi connectivity index (χ2v) is 7.59. The lowest BCUT2D eigenvalue weighted by atomic mass is 10.0. The zero-order chi connectivity index (χ0) is 14.8. The maximum atomic E-state index is 12.4. The molecule has 0 aromatic carbocycles. The molecule has 5 heteroatoms. The molecule has 0 radical (unpaired) electrons. The van der Waals surface area contributed by atoms with Gasteiger partial charge in [-0.25, -0.2) is 0 Å². The zero-order valence-corrected chi connectivity index (χ0v) is 13.3. The van der Waals surface area contributed by atoms with E-state index in [2.05, 4.69) is 17.5 Å². The summed E-state index contributed by atoms with van der Waals surface area (Å²) < 4.78 is 0. The molecule has 112 valence electrons. The fourth-order valence-corrected chi connectivity index (χ4v) is 3.75. The molecule has 2 atom stereocenters. The average Bonchev–Trinajstić information content (AvgIpc) is 2.96. The third-order valence-corrected chi connectivity index (χ3v) is 4.56. The first-order chi connectivity index (χ1) is 9.37. The lowest BCUT2D eigenvalue weighted by molar-refractivity contribution is -0.139. The SMILES string of the molecule is CC(C)(C)NC(=O)[C@@H]1CSCN1C(=O)C[C@@H]1C=CCC1. The number of hydrogen-bond acceptors (Lipinski definition) is 3. The molecule has 1 fully saturated rings. The first-order valence-corrected chi connectivity index (χ1v) is 8.38. The van der Waals surface area contributed by atoms with Crippen molar-refractivity contribution in [1.82, 2.24) is 10.2 Å². The molecule has 4 nitrogen and oxygen atoms in total. The van der Waals surface area contributed by atoms with Crippen molar-refractivity contribution in [2.75, 3.05) is 11.6 Å². The summed E-state index contributed by atoms with van der Waals surface area (Å²) in [7, 11) is 0. The topological polar surface area (TPSA) is 49.4 Å². The number of allylic oxidation sites excluding steroid dienone is 2. The minimum Gasteiger partial charge on any atom is -0.350 e. The molecule has 0 spiro atoms. The third-order valence-electron chi connectivity index (χ3n) is 3.55. The van der Waals surface area contributed by atoms with Gasteiger partial charge in [-0.05, 0) is 39.5 Å². The predicted octanol–water partition coefficient (Wildman–Crippen LogP) is 2.16. The van der Waals surface area contributed by atoms with Gasteiger partial charge in [0.1, 0.15) is 6.04 Å². The van der Waals surface area contributed by atoms with E-state index in [1.54, 1.807) is 16.7 Å².